The number of hydrogen-bond acceptors (Lipinski definition) is 5. The Kier molecular flexibility index (Phi) is 5.83. The van der Waals surface area contributed by atoms with E-state index in [4.69, 9.17) is 0 Å². The summed E-state index contributed by atoms with van der Waals surface area (Å²) in [6.07, 6.45) is 1.38. The number of nitrogens with zero attached hydrogens (tertiary/aromatic N) is 3. The van der Waals surface area contributed by atoms with Gasteiger partial charge in [0.2, 0.25) is 10.3 Å². The summed E-state index contributed by atoms with van der Waals surface area (Å²) in [6, 6.07) is 4.19. The van der Waals surface area contributed by atoms with Crippen LogP contribution in [-0.4, -0.2) is 29.3 Å². The first-order valence-electron chi connectivity index (χ1n) is 8.64. The molecule has 1 aliphatic carbocycles. The van der Waals surface area contributed by atoms with Crippen molar-refractivity contribution < 1.29 is 18.0 Å². The highest BCUT2D eigenvalue weighted by molar-refractivity contribution is 7.19. The van der Waals surface area contributed by atoms with Crippen molar-refractivity contribution in [1.29, 1.82) is 0 Å². The van der Waals surface area contributed by atoms with Crippen molar-refractivity contribution in [3.05, 3.63) is 29.8 Å². The standard InChI is InChI=1S/C17H20F3N5OS/c1-25(13-8-3-2-4-9-13)16-24-23-15(27-16)22-14(26)21-12-7-5-6-11(10-12)17(18,19)20/h5-7,10,13H,2-4,8-9H2,1H3,(H2,21,22,23,26). The van der Waals surface area contributed by atoms with Crippen molar-refractivity contribution in [3.8, 4) is 0 Å². The lowest BCUT2D eigenvalue weighted by Gasteiger charge is -2.30. The predicted molar refractivity (Wildman–Crippen MR) is 99.3 cm³/mol. The molecule has 3 rings (SSSR count). The lowest BCUT2D eigenvalue weighted by Crippen LogP contribution is -2.33. The first-order chi connectivity index (χ1) is 12.8. The molecule has 1 heterocycles. The van der Waals surface area contributed by atoms with Gasteiger partial charge in [0.05, 0.1) is 5.56 Å². The number of amides is 2. The summed E-state index contributed by atoms with van der Waals surface area (Å²) in [7, 11) is 1.96. The quantitative estimate of drug-likeness (QED) is 0.762. The lowest BCUT2D eigenvalue weighted by molar-refractivity contribution is -0.137. The van der Waals surface area contributed by atoms with Crippen LogP contribution >= 0.6 is 11.3 Å². The Morgan fingerprint density at radius 2 is 1.93 bits per heavy atom. The summed E-state index contributed by atoms with van der Waals surface area (Å²) in [4.78, 5) is 14.1. The first-order valence-corrected chi connectivity index (χ1v) is 9.46. The van der Waals surface area contributed by atoms with Crippen molar-refractivity contribution in [3.63, 3.8) is 0 Å². The normalized spacial score (nSPS) is 15.4. The van der Waals surface area contributed by atoms with Crippen LogP contribution in [0.5, 0.6) is 0 Å². The maximum absolute atomic E-state index is 12.7. The van der Waals surface area contributed by atoms with Gasteiger partial charge in [-0.25, -0.2) is 4.79 Å². The third-order valence-electron chi connectivity index (χ3n) is 4.51. The fourth-order valence-electron chi connectivity index (χ4n) is 3.07. The van der Waals surface area contributed by atoms with Gasteiger partial charge in [0.15, 0.2) is 0 Å². The zero-order valence-corrected chi connectivity index (χ0v) is 15.5. The number of benzene rings is 1. The second kappa shape index (κ2) is 8.12. The van der Waals surface area contributed by atoms with Crippen molar-refractivity contribution in [2.75, 3.05) is 22.6 Å². The van der Waals surface area contributed by atoms with E-state index < -0.39 is 17.8 Å². The average Bonchev–Trinajstić information content (AvgIpc) is 3.09. The minimum absolute atomic E-state index is 0.0476. The average molecular weight is 399 g/mol. The summed E-state index contributed by atoms with van der Waals surface area (Å²) in [6.45, 7) is 0. The Balaban J connectivity index is 1.59. The smallest absolute Gasteiger partial charge is 0.347 e. The van der Waals surface area contributed by atoms with Crippen molar-refractivity contribution >= 4 is 33.3 Å². The number of rotatable bonds is 4. The molecule has 1 aromatic carbocycles. The van der Waals surface area contributed by atoms with Crippen LogP contribution in [0.25, 0.3) is 0 Å². The Hall–Kier alpha value is -2.36. The maximum Gasteiger partial charge on any atom is 0.416 e. The zero-order chi connectivity index (χ0) is 19.4. The van der Waals surface area contributed by atoms with E-state index in [-0.39, 0.29) is 10.8 Å². The van der Waals surface area contributed by atoms with E-state index in [1.807, 2.05) is 7.05 Å². The third kappa shape index (κ3) is 5.09. The molecule has 146 valence electrons. The van der Waals surface area contributed by atoms with E-state index in [1.54, 1.807) is 0 Å². The van der Waals surface area contributed by atoms with Gasteiger partial charge in [-0.05, 0) is 31.0 Å². The van der Waals surface area contributed by atoms with Gasteiger partial charge >= 0.3 is 12.2 Å². The van der Waals surface area contributed by atoms with Gasteiger partial charge in [0.1, 0.15) is 0 Å². The molecule has 0 unspecified atom stereocenters. The number of hydrogen-bond donors (Lipinski definition) is 2. The number of alkyl halides is 3. The predicted octanol–water partition coefficient (Wildman–Crippen LogP) is 4.97. The Morgan fingerprint density at radius 3 is 2.63 bits per heavy atom. The van der Waals surface area contributed by atoms with Gasteiger partial charge in [-0.1, -0.05) is 36.7 Å². The van der Waals surface area contributed by atoms with Crippen LogP contribution in [0, 0.1) is 0 Å². The molecule has 0 spiro atoms. The summed E-state index contributed by atoms with van der Waals surface area (Å²) in [5, 5.41) is 13.9. The number of urea groups is 1. The van der Waals surface area contributed by atoms with E-state index in [0.717, 1.165) is 25.0 Å². The van der Waals surface area contributed by atoms with Crippen LogP contribution in [0.2, 0.25) is 0 Å². The van der Waals surface area contributed by atoms with Crippen LogP contribution in [0.1, 0.15) is 37.7 Å². The fraction of sp³-hybridized carbons (Fsp3) is 0.471. The second-order valence-electron chi connectivity index (χ2n) is 6.45. The van der Waals surface area contributed by atoms with Crippen molar-refractivity contribution in [2.24, 2.45) is 0 Å². The summed E-state index contributed by atoms with van der Waals surface area (Å²) in [5.41, 5.74) is -0.779. The number of anilines is 3. The highest BCUT2D eigenvalue weighted by Crippen LogP contribution is 2.31. The Bertz CT molecular complexity index is 789. The molecule has 10 heteroatoms. The molecule has 0 saturated heterocycles. The molecule has 6 nitrogen and oxygen atoms in total. The number of carbonyl (C=O) groups is 1. The summed E-state index contributed by atoms with van der Waals surface area (Å²) < 4.78 is 38.2. The molecule has 1 aromatic heterocycles. The van der Waals surface area contributed by atoms with E-state index >= 15 is 0 Å². The van der Waals surface area contributed by atoms with Crippen LogP contribution in [0.15, 0.2) is 24.3 Å². The molecule has 2 aromatic rings. The highest BCUT2D eigenvalue weighted by atomic mass is 32.1. The van der Waals surface area contributed by atoms with Crippen LogP contribution < -0.4 is 15.5 Å². The number of aromatic nitrogens is 2. The van der Waals surface area contributed by atoms with Crippen LogP contribution in [-0.2, 0) is 6.18 Å². The van der Waals surface area contributed by atoms with Gasteiger partial charge < -0.3 is 10.2 Å². The van der Waals surface area contributed by atoms with Gasteiger partial charge in [0, 0.05) is 18.8 Å². The molecule has 1 fully saturated rings. The molecule has 2 amide bonds. The molecular weight excluding hydrogens is 379 g/mol. The molecule has 0 radical (unpaired) electrons. The van der Waals surface area contributed by atoms with Gasteiger partial charge in [0.25, 0.3) is 0 Å². The Labute approximate surface area is 158 Å². The van der Waals surface area contributed by atoms with E-state index in [9.17, 15) is 18.0 Å². The summed E-state index contributed by atoms with van der Waals surface area (Å²) >= 11 is 1.23. The molecular formula is C17H20F3N5OS. The van der Waals surface area contributed by atoms with Gasteiger partial charge in [-0.2, -0.15) is 13.2 Å². The van der Waals surface area contributed by atoms with E-state index in [2.05, 4.69) is 25.7 Å². The Morgan fingerprint density at radius 1 is 1.19 bits per heavy atom. The fourth-order valence-corrected chi connectivity index (χ4v) is 3.84. The number of halogens is 3. The molecule has 0 aliphatic heterocycles. The second-order valence-corrected chi connectivity index (χ2v) is 7.41. The van der Waals surface area contributed by atoms with E-state index in [0.29, 0.717) is 11.2 Å². The number of nitrogens with one attached hydrogen (secondary N) is 2. The molecule has 27 heavy (non-hydrogen) atoms. The van der Waals surface area contributed by atoms with Crippen LogP contribution in [0.3, 0.4) is 0 Å². The topological polar surface area (TPSA) is 70.2 Å². The minimum atomic E-state index is -4.47. The maximum atomic E-state index is 12.7. The monoisotopic (exact) mass is 399 g/mol. The lowest BCUT2D eigenvalue weighted by atomic mass is 9.95. The van der Waals surface area contributed by atoms with E-state index in [1.165, 1.54) is 42.7 Å². The molecule has 1 aliphatic rings. The summed E-state index contributed by atoms with van der Waals surface area (Å²) in [5.74, 6) is 0. The molecule has 1 saturated carbocycles. The molecule has 0 bridgehead atoms. The number of carbonyl (C=O) groups excluding carboxylic acids is 1. The first kappa shape index (κ1) is 19.4. The third-order valence-corrected chi connectivity index (χ3v) is 5.44. The van der Waals surface area contributed by atoms with Gasteiger partial charge in [-0.15, -0.1) is 10.2 Å². The molecule has 2 N–H and O–H groups in total. The van der Waals surface area contributed by atoms with Crippen molar-refractivity contribution in [1.82, 2.24) is 10.2 Å². The minimum Gasteiger partial charge on any atom is -0.347 e. The SMILES string of the molecule is CN(c1nnc(NC(=O)Nc2cccc(C(F)(F)F)c2)s1)C1CCCCC1. The van der Waals surface area contributed by atoms with Crippen LogP contribution in [0.4, 0.5) is 33.9 Å². The van der Waals surface area contributed by atoms with Crippen molar-refractivity contribution in [2.45, 2.75) is 44.3 Å². The van der Waals surface area contributed by atoms with Gasteiger partial charge in [-0.3, -0.25) is 5.32 Å². The molecule has 0 atom stereocenters. The largest absolute Gasteiger partial charge is 0.416 e. The highest BCUT2D eigenvalue weighted by Gasteiger charge is 2.30. The zero-order valence-electron chi connectivity index (χ0n) is 14.7.